The second-order valence-corrected chi connectivity index (χ2v) is 11.9. The van der Waals surface area contributed by atoms with Crippen LogP contribution in [0.15, 0.2) is 74.9 Å². The maximum atomic E-state index is 7.03. The molecule has 1 nitrogen and oxygen atoms in total. The molecule has 28 heavy (non-hydrogen) atoms. The van der Waals surface area contributed by atoms with Gasteiger partial charge in [-0.3, -0.25) is 0 Å². The van der Waals surface area contributed by atoms with Gasteiger partial charge in [0, 0.05) is 10.1 Å². The Morgan fingerprint density at radius 1 is 0.571 bits per heavy atom. The number of allylic oxidation sites excluding steroid dienone is 8. The third-order valence-corrected chi connectivity index (χ3v) is 12.0. The highest BCUT2D eigenvalue weighted by Crippen LogP contribution is 2.65. The minimum absolute atomic E-state index is 0.0448. The van der Waals surface area contributed by atoms with E-state index in [1.807, 2.05) is 0 Å². The Labute approximate surface area is 173 Å². The van der Waals surface area contributed by atoms with Crippen LogP contribution in [0, 0.1) is 0 Å². The van der Waals surface area contributed by atoms with Crippen LogP contribution in [0.2, 0.25) is 10.1 Å². The van der Waals surface area contributed by atoms with E-state index in [4.69, 9.17) is 4.43 Å². The molecule has 1 aromatic rings. The van der Waals surface area contributed by atoms with Crippen LogP contribution in [-0.2, 0) is 0 Å². The second-order valence-electron chi connectivity index (χ2n) is 8.99. The molecule has 0 N–H and O–H groups in total. The molecule has 0 unspecified atom stereocenters. The summed E-state index contributed by atoms with van der Waals surface area (Å²) >= 11 is 0. The highest BCUT2D eigenvalue weighted by atomic mass is 28.3. The summed E-state index contributed by atoms with van der Waals surface area (Å²) < 4.78 is 7.03. The molecule has 0 heterocycles. The van der Waals surface area contributed by atoms with E-state index in [1.54, 1.807) is 0 Å². The fourth-order valence-electron chi connectivity index (χ4n) is 5.18. The molecule has 1 radical (unpaired) electrons. The lowest BCUT2D eigenvalue weighted by Crippen LogP contribution is -2.47. The van der Waals surface area contributed by atoms with Gasteiger partial charge in [0.25, 0.3) is 0 Å². The summed E-state index contributed by atoms with van der Waals surface area (Å²) in [6, 6.07) is 10.4. The highest BCUT2D eigenvalue weighted by Gasteiger charge is 2.59. The van der Waals surface area contributed by atoms with Crippen LogP contribution in [0.5, 0.6) is 5.75 Å². The molecular weight excluding hydrogens is 356 g/mol. The summed E-state index contributed by atoms with van der Waals surface area (Å²) in [6.07, 6.45) is 0. The first-order chi connectivity index (χ1) is 13.0. The minimum Gasteiger partial charge on any atom is -0.540 e. The van der Waals surface area contributed by atoms with Gasteiger partial charge in [-0.2, -0.15) is 0 Å². The standard InChI is InChI=1S/C26H35OSi/c1-16-17(2)21(6)25(9,20(16)5)28(27-24-14-12-11-13-15-24)26(10)22(7)18(3)19(4)23(26)8/h11-15H,1-10H3. The smallest absolute Gasteiger partial charge is 0.310 e. The monoisotopic (exact) mass is 391 g/mol. The molecule has 0 fully saturated rings. The summed E-state index contributed by atoms with van der Waals surface area (Å²) in [7, 11) is -1.41. The Morgan fingerprint density at radius 3 is 1.21 bits per heavy atom. The molecule has 1 aromatic carbocycles. The first kappa shape index (κ1) is 20.9. The first-order valence-corrected chi connectivity index (χ1v) is 11.7. The fourth-order valence-corrected chi connectivity index (χ4v) is 9.07. The Bertz CT molecular complexity index is 834. The number of hydrogen-bond acceptors (Lipinski definition) is 1. The van der Waals surface area contributed by atoms with Crippen LogP contribution >= 0.6 is 0 Å². The lowest BCUT2D eigenvalue weighted by atomic mass is 9.96. The van der Waals surface area contributed by atoms with E-state index in [0.29, 0.717) is 0 Å². The number of para-hydroxylation sites is 1. The second kappa shape index (κ2) is 6.91. The molecule has 2 aliphatic carbocycles. The number of rotatable bonds is 4. The summed E-state index contributed by atoms with van der Waals surface area (Å²) in [5.74, 6) is 0.990. The molecule has 0 saturated carbocycles. The third-order valence-electron chi connectivity index (χ3n) is 8.25. The largest absolute Gasteiger partial charge is 0.540 e. The lowest BCUT2D eigenvalue weighted by molar-refractivity contribution is 0.492. The Hall–Kier alpha value is -1.80. The molecular formula is C26H35OSi. The topological polar surface area (TPSA) is 9.23 Å². The first-order valence-electron chi connectivity index (χ1n) is 10.3. The van der Waals surface area contributed by atoms with Crippen molar-refractivity contribution in [1.82, 2.24) is 0 Å². The van der Waals surface area contributed by atoms with Crippen molar-refractivity contribution in [2.24, 2.45) is 0 Å². The van der Waals surface area contributed by atoms with E-state index in [9.17, 15) is 0 Å². The van der Waals surface area contributed by atoms with Crippen LogP contribution in [0.1, 0.15) is 69.2 Å². The van der Waals surface area contributed by atoms with Crippen molar-refractivity contribution in [2.45, 2.75) is 79.3 Å². The van der Waals surface area contributed by atoms with Crippen LogP contribution in [-0.4, -0.2) is 9.04 Å². The van der Waals surface area contributed by atoms with Gasteiger partial charge in [0.05, 0.1) is 0 Å². The number of hydrogen-bond donors (Lipinski definition) is 0. The Kier molecular flexibility index (Phi) is 5.16. The van der Waals surface area contributed by atoms with Crippen LogP contribution in [0.3, 0.4) is 0 Å². The molecule has 0 spiro atoms. The molecule has 0 aromatic heterocycles. The molecule has 149 valence electrons. The lowest BCUT2D eigenvalue weighted by Gasteiger charge is -2.45. The maximum Gasteiger partial charge on any atom is 0.310 e. The van der Waals surface area contributed by atoms with E-state index in [0.717, 1.165) is 5.75 Å². The third kappa shape index (κ3) is 2.64. The van der Waals surface area contributed by atoms with Gasteiger partial charge in [0.1, 0.15) is 5.75 Å². The van der Waals surface area contributed by atoms with Crippen molar-refractivity contribution in [3.63, 3.8) is 0 Å². The Morgan fingerprint density at radius 2 is 0.893 bits per heavy atom. The van der Waals surface area contributed by atoms with Gasteiger partial charge >= 0.3 is 9.04 Å². The minimum atomic E-state index is -1.41. The SMILES string of the molecule is CC1=C(C)C(C)([Si](Oc2ccccc2)C2(C)C(C)=C(C)C(C)=C2C)C(C)=C1C. The van der Waals surface area contributed by atoms with Gasteiger partial charge in [-0.25, -0.2) is 0 Å². The average Bonchev–Trinajstić information content (AvgIpc) is 2.94. The van der Waals surface area contributed by atoms with E-state index in [2.05, 4.69) is 99.6 Å². The molecule has 0 atom stereocenters. The van der Waals surface area contributed by atoms with Crippen LogP contribution < -0.4 is 4.43 Å². The summed E-state index contributed by atoms with van der Waals surface area (Å²) in [6.45, 7) is 23.3. The highest BCUT2D eigenvalue weighted by molar-refractivity contribution is 6.64. The van der Waals surface area contributed by atoms with Gasteiger partial charge < -0.3 is 4.43 Å². The van der Waals surface area contributed by atoms with E-state index in [1.165, 1.54) is 44.6 Å². The molecule has 0 bridgehead atoms. The van der Waals surface area contributed by atoms with Gasteiger partial charge in [-0.15, -0.1) is 0 Å². The summed E-state index contributed by atoms with van der Waals surface area (Å²) in [5, 5.41) is -0.0896. The maximum absolute atomic E-state index is 7.03. The van der Waals surface area contributed by atoms with Crippen molar-refractivity contribution < 1.29 is 4.43 Å². The van der Waals surface area contributed by atoms with Crippen molar-refractivity contribution in [3.8, 4) is 5.75 Å². The molecule has 0 amide bonds. The van der Waals surface area contributed by atoms with Crippen LogP contribution in [0.25, 0.3) is 0 Å². The van der Waals surface area contributed by atoms with Crippen molar-refractivity contribution in [1.29, 1.82) is 0 Å². The van der Waals surface area contributed by atoms with E-state index in [-0.39, 0.29) is 10.1 Å². The Balaban J connectivity index is 2.27. The zero-order chi connectivity index (χ0) is 21.0. The quantitative estimate of drug-likeness (QED) is 0.473. The zero-order valence-corrected chi connectivity index (χ0v) is 20.3. The normalized spacial score (nSPS) is 21.5. The molecule has 0 aliphatic heterocycles. The predicted molar refractivity (Wildman–Crippen MR) is 123 cm³/mol. The average molecular weight is 392 g/mol. The van der Waals surface area contributed by atoms with Gasteiger partial charge in [0.2, 0.25) is 0 Å². The van der Waals surface area contributed by atoms with E-state index >= 15 is 0 Å². The number of benzene rings is 1. The summed E-state index contributed by atoms with van der Waals surface area (Å²) in [5.41, 5.74) is 11.7. The molecule has 0 saturated heterocycles. The van der Waals surface area contributed by atoms with Crippen molar-refractivity contribution in [2.75, 3.05) is 0 Å². The van der Waals surface area contributed by atoms with Gasteiger partial charge in [0.15, 0.2) is 0 Å². The van der Waals surface area contributed by atoms with E-state index < -0.39 is 9.04 Å². The zero-order valence-electron chi connectivity index (χ0n) is 19.3. The predicted octanol–water partition coefficient (Wildman–Crippen LogP) is 7.95. The van der Waals surface area contributed by atoms with Crippen LogP contribution in [0.4, 0.5) is 0 Å². The van der Waals surface area contributed by atoms with Gasteiger partial charge in [-0.05, 0) is 89.8 Å². The van der Waals surface area contributed by atoms with Crippen molar-refractivity contribution >= 4 is 9.04 Å². The summed E-state index contributed by atoms with van der Waals surface area (Å²) in [4.78, 5) is 0. The fraction of sp³-hybridized carbons (Fsp3) is 0.462. The van der Waals surface area contributed by atoms with Crippen molar-refractivity contribution in [3.05, 3.63) is 74.9 Å². The van der Waals surface area contributed by atoms with Gasteiger partial charge in [-0.1, -0.05) is 54.3 Å². The molecule has 2 heteroatoms. The molecule has 3 rings (SSSR count). The molecule has 2 aliphatic rings.